The number of hydrogen-bond donors (Lipinski definition) is 1. The zero-order valence-corrected chi connectivity index (χ0v) is 14.1. The Balaban J connectivity index is 2.22. The van der Waals surface area contributed by atoms with Gasteiger partial charge in [-0.15, -0.1) is 11.6 Å². The summed E-state index contributed by atoms with van der Waals surface area (Å²) in [5.41, 5.74) is 2.42. The molecule has 1 unspecified atom stereocenters. The van der Waals surface area contributed by atoms with Gasteiger partial charge in [0.1, 0.15) is 5.38 Å². The molecule has 1 N–H and O–H groups in total. The van der Waals surface area contributed by atoms with E-state index in [-0.39, 0.29) is 5.91 Å². The molecule has 0 aliphatic carbocycles. The predicted octanol–water partition coefficient (Wildman–Crippen LogP) is 4.43. The molecule has 0 heterocycles. The minimum absolute atomic E-state index is 0.246. The normalized spacial score (nSPS) is 11.8. The highest BCUT2D eigenvalue weighted by molar-refractivity contribution is 9.10. The summed E-state index contributed by atoms with van der Waals surface area (Å²) in [6, 6.07) is 15.0. The maximum absolute atomic E-state index is 12.3. The van der Waals surface area contributed by atoms with Crippen LogP contribution >= 0.6 is 27.5 Å². The van der Waals surface area contributed by atoms with Gasteiger partial charge in [0.25, 0.3) is 0 Å². The molecule has 3 nitrogen and oxygen atoms in total. The number of carbonyl (C=O) groups is 1. The molecule has 21 heavy (non-hydrogen) atoms. The number of nitrogens with zero attached hydrogens (tertiary/aromatic N) is 1. The van der Waals surface area contributed by atoms with Crippen molar-refractivity contribution in [2.45, 2.75) is 5.38 Å². The van der Waals surface area contributed by atoms with Gasteiger partial charge >= 0.3 is 0 Å². The van der Waals surface area contributed by atoms with Gasteiger partial charge in [0, 0.05) is 18.6 Å². The van der Waals surface area contributed by atoms with Gasteiger partial charge in [0.15, 0.2) is 0 Å². The van der Waals surface area contributed by atoms with Gasteiger partial charge in [-0.1, -0.05) is 46.3 Å². The van der Waals surface area contributed by atoms with Crippen molar-refractivity contribution in [3.05, 3.63) is 58.6 Å². The van der Waals surface area contributed by atoms with Crippen molar-refractivity contribution < 1.29 is 4.79 Å². The molecule has 0 radical (unpaired) electrons. The van der Waals surface area contributed by atoms with Gasteiger partial charge in [-0.2, -0.15) is 0 Å². The molecule has 2 aromatic carbocycles. The molecule has 5 heteroatoms. The van der Waals surface area contributed by atoms with Crippen LogP contribution in [0.1, 0.15) is 10.9 Å². The predicted molar refractivity (Wildman–Crippen MR) is 92.1 cm³/mol. The van der Waals surface area contributed by atoms with Crippen molar-refractivity contribution in [1.82, 2.24) is 0 Å². The summed E-state index contributed by atoms with van der Waals surface area (Å²) in [5.74, 6) is -0.246. The summed E-state index contributed by atoms with van der Waals surface area (Å²) in [4.78, 5) is 14.3. The number of rotatable bonds is 4. The van der Waals surface area contributed by atoms with E-state index in [1.807, 2.05) is 67.5 Å². The molecular formula is C16H16BrClN2O. The van der Waals surface area contributed by atoms with Crippen LogP contribution in [0.2, 0.25) is 0 Å². The first-order valence-electron chi connectivity index (χ1n) is 6.46. The van der Waals surface area contributed by atoms with Crippen LogP contribution in [0.5, 0.6) is 0 Å². The van der Waals surface area contributed by atoms with E-state index >= 15 is 0 Å². The third kappa shape index (κ3) is 3.99. The number of nitrogens with one attached hydrogen (secondary N) is 1. The Morgan fingerprint density at radius 1 is 1.19 bits per heavy atom. The Labute approximate surface area is 138 Å². The van der Waals surface area contributed by atoms with Crippen LogP contribution in [-0.2, 0) is 4.79 Å². The fraction of sp³-hybridized carbons (Fsp3) is 0.188. The summed E-state index contributed by atoms with van der Waals surface area (Å²) in [6.07, 6.45) is 0. The van der Waals surface area contributed by atoms with Crippen molar-refractivity contribution >= 4 is 44.8 Å². The molecule has 0 aliphatic rings. The molecule has 0 fully saturated rings. The van der Waals surface area contributed by atoms with Crippen molar-refractivity contribution in [2.24, 2.45) is 0 Å². The van der Waals surface area contributed by atoms with Crippen LogP contribution in [0.15, 0.2) is 53.0 Å². The minimum Gasteiger partial charge on any atom is -0.376 e. The molecule has 0 aromatic heterocycles. The Hall–Kier alpha value is -1.52. The van der Waals surface area contributed by atoms with Gasteiger partial charge in [-0.05, 0) is 23.8 Å². The maximum atomic E-state index is 12.3. The first-order valence-corrected chi connectivity index (χ1v) is 7.68. The van der Waals surface area contributed by atoms with E-state index < -0.39 is 5.38 Å². The topological polar surface area (TPSA) is 32.3 Å². The lowest BCUT2D eigenvalue weighted by Gasteiger charge is -2.19. The first-order chi connectivity index (χ1) is 9.99. The quantitative estimate of drug-likeness (QED) is 0.811. The van der Waals surface area contributed by atoms with E-state index in [0.29, 0.717) is 0 Å². The smallest absolute Gasteiger partial charge is 0.247 e. The SMILES string of the molecule is CN(C)c1ccc(Br)cc1NC(=O)C(Cl)c1ccccc1. The third-order valence-electron chi connectivity index (χ3n) is 3.02. The molecule has 0 saturated heterocycles. The van der Waals surface area contributed by atoms with E-state index in [0.717, 1.165) is 21.4 Å². The van der Waals surface area contributed by atoms with E-state index in [1.165, 1.54) is 0 Å². The lowest BCUT2D eigenvalue weighted by Crippen LogP contribution is -2.20. The van der Waals surface area contributed by atoms with Crippen molar-refractivity contribution in [3.8, 4) is 0 Å². The summed E-state index contributed by atoms with van der Waals surface area (Å²) >= 11 is 9.66. The van der Waals surface area contributed by atoms with Crippen LogP contribution in [0.4, 0.5) is 11.4 Å². The number of halogens is 2. The zero-order valence-electron chi connectivity index (χ0n) is 11.8. The molecule has 1 amide bonds. The molecule has 0 spiro atoms. The number of benzene rings is 2. The second kappa shape index (κ2) is 6.96. The Morgan fingerprint density at radius 2 is 1.86 bits per heavy atom. The van der Waals surface area contributed by atoms with Crippen LogP contribution < -0.4 is 10.2 Å². The number of carbonyl (C=O) groups excluding carboxylic acids is 1. The highest BCUT2D eigenvalue weighted by Gasteiger charge is 2.19. The van der Waals surface area contributed by atoms with Gasteiger partial charge in [0.05, 0.1) is 11.4 Å². The summed E-state index contributed by atoms with van der Waals surface area (Å²) in [6.45, 7) is 0. The fourth-order valence-corrected chi connectivity index (χ4v) is 2.53. The maximum Gasteiger partial charge on any atom is 0.247 e. The lowest BCUT2D eigenvalue weighted by molar-refractivity contribution is -0.116. The van der Waals surface area contributed by atoms with Gasteiger partial charge in [-0.25, -0.2) is 0 Å². The molecule has 1 atom stereocenters. The summed E-state index contributed by atoms with van der Waals surface area (Å²) < 4.78 is 0.897. The lowest BCUT2D eigenvalue weighted by atomic mass is 10.1. The highest BCUT2D eigenvalue weighted by Crippen LogP contribution is 2.30. The fourth-order valence-electron chi connectivity index (χ4n) is 1.97. The van der Waals surface area contributed by atoms with Gasteiger partial charge in [-0.3, -0.25) is 4.79 Å². The number of alkyl halides is 1. The highest BCUT2D eigenvalue weighted by atomic mass is 79.9. The number of amides is 1. The molecule has 2 rings (SSSR count). The Morgan fingerprint density at radius 3 is 2.48 bits per heavy atom. The van der Waals surface area contributed by atoms with Crippen LogP contribution in [0, 0.1) is 0 Å². The van der Waals surface area contributed by atoms with E-state index in [4.69, 9.17) is 11.6 Å². The number of anilines is 2. The van der Waals surface area contributed by atoms with Gasteiger partial charge in [0.2, 0.25) is 5.91 Å². The zero-order chi connectivity index (χ0) is 15.4. The van der Waals surface area contributed by atoms with E-state index in [1.54, 1.807) is 0 Å². The van der Waals surface area contributed by atoms with Crippen LogP contribution in [-0.4, -0.2) is 20.0 Å². The average molecular weight is 368 g/mol. The first kappa shape index (κ1) is 15.9. The minimum atomic E-state index is -0.722. The van der Waals surface area contributed by atoms with Crippen LogP contribution in [0.25, 0.3) is 0 Å². The van der Waals surface area contributed by atoms with Crippen molar-refractivity contribution in [1.29, 1.82) is 0 Å². The molecule has 0 saturated carbocycles. The van der Waals surface area contributed by atoms with Crippen LogP contribution in [0.3, 0.4) is 0 Å². The average Bonchev–Trinajstić information content (AvgIpc) is 2.47. The molecule has 2 aromatic rings. The van der Waals surface area contributed by atoms with E-state index in [2.05, 4.69) is 21.2 Å². The molecule has 0 bridgehead atoms. The molecular weight excluding hydrogens is 352 g/mol. The monoisotopic (exact) mass is 366 g/mol. The van der Waals surface area contributed by atoms with Crippen molar-refractivity contribution in [2.75, 3.05) is 24.3 Å². The summed E-state index contributed by atoms with van der Waals surface area (Å²) in [5, 5.41) is 2.17. The largest absolute Gasteiger partial charge is 0.376 e. The Kier molecular flexibility index (Phi) is 5.26. The van der Waals surface area contributed by atoms with Crippen molar-refractivity contribution in [3.63, 3.8) is 0 Å². The number of hydrogen-bond acceptors (Lipinski definition) is 2. The molecule has 110 valence electrons. The standard InChI is InChI=1S/C16H16BrClN2O/c1-20(2)14-9-8-12(17)10-13(14)19-16(21)15(18)11-6-4-3-5-7-11/h3-10,15H,1-2H3,(H,19,21). The summed E-state index contributed by atoms with van der Waals surface area (Å²) in [7, 11) is 3.85. The third-order valence-corrected chi connectivity index (χ3v) is 3.96. The molecule has 0 aliphatic heterocycles. The second-order valence-electron chi connectivity index (χ2n) is 4.82. The van der Waals surface area contributed by atoms with Gasteiger partial charge < -0.3 is 10.2 Å². The van der Waals surface area contributed by atoms with E-state index in [9.17, 15) is 4.79 Å². The second-order valence-corrected chi connectivity index (χ2v) is 6.17. The Bertz CT molecular complexity index is 631.